The summed E-state index contributed by atoms with van der Waals surface area (Å²) < 4.78 is 133. The summed E-state index contributed by atoms with van der Waals surface area (Å²) in [6, 6.07) is 11.1. The minimum atomic E-state index is -4.78. The molecule has 0 unspecified atom stereocenters. The van der Waals surface area contributed by atoms with Gasteiger partial charge in [0.25, 0.3) is 17.9 Å². The molecule has 0 saturated heterocycles. The maximum absolute atomic E-state index is 15.5. The zero-order chi connectivity index (χ0) is 43.4. The van der Waals surface area contributed by atoms with Crippen molar-refractivity contribution >= 4 is 39.3 Å². The van der Waals surface area contributed by atoms with Crippen molar-refractivity contribution in [1.82, 2.24) is 39.4 Å². The zero-order valence-corrected chi connectivity index (χ0v) is 32.3. The summed E-state index contributed by atoms with van der Waals surface area (Å²) in [5.74, 6) is -9.00. The molecule has 1 N–H and O–H groups in total. The highest BCUT2D eigenvalue weighted by Crippen LogP contribution is 2.68. The maximum Gasteiger partial charge on any atom is 0.433 e. The summed E-state index contributed by atoms with van der Waals surface area (Å²) in [7, 11) is 1.58. The molecule has 2 aliphatic carbocycles. The van der Waals surface area contributed by atoms with Crippen molar-refractivity contribution < 1.29 is 44.3 Å². The van der Waals surface area contributed by atoms with Gasteiger partial charge in [-0.05, 0) is 73.4 Å². The number of aryl methyl sites for hydroxylation is 2. The van der Waals surface area contributed by atoms with Crippen LogP contribution in [0.25, 0.3) is 38.8 Å². The number of fused-ring (bicyclic) bond motifs is 5. The molecular weight excluding hydrogens is 843 g/mol. The van der Waals surface area contributed by atoms with Gasteiger partial charge in [-0.2, -0.15) is 32.1 Å². The van der Waals surface area contributed by atoms with Gasteiger partial charge in [0, 0.05) is 42.0 Å². The van der Waals surface area contributed by atoms with Crippen LogP contribution in [-0.2, 0) is 36.9 Å². The van der Waals surface area contributed by atoms with Gasteiger partial charge in [0.2, 0.25) is 5.91 Å². The van der Waals surface area contributed by atoms with Crippen molar-refractivity contribution in [2.45, 2.75) is 56.8 Å². The molecular formula is C41H28ClF9N8O2. The Morgan fingerprint density at radius 3 is 2.44 bits per heavy atom. The average Bonchev–Trinajstić information content (AvgIpc) is 3.74. The minimum Gasteiger partial charge on any atom is -0.344 e. The SMILES string of the molecule is Cc1nn(C)c2c(-n3c([C@H](Cc4cc(F)cc(F)c4)NC(=O)Cn4nc(C(F)F)c5c4C(F)(F)[C@@H]4C[C@H]54)nc4cc(-c5cccc(C(F)(F)F)n5)ccc4c3=O)ccc(Cl)c12. The largest absolute Gasteiger partial charge is 0.433 e. The summed E-state index contributed by atoms with van der Waals surface area (Å²) in [4.78, 5) is 37.4. The molecule has 0 aliphatic heterocycles. The second-order valence-electron chi connectivity index (χ2n) is 15.0. The molecule has 9 rings (SSSR count). The Hall–Kier alpha value is -6.24. The van der Waals surface area contributed by atoms with Crippen LogP contribution >= 0.6 is 11.6 Å². The van der Waals surface area contributed by atoms with Crippen LogP contribution in [0.3, 0.4) is 0 Å². The highest BCUT2D eigenvalue weighted by molar-refractivity contribution is 6.36. The molecule has 0 bridgehead atoms. The number of halogens is 10. The Bertz CT molecular complexity index is 3010. The van der Waals surface area contributed by atoms with Gasteiger partial charge < -0.3 is 5.32 Å². The number of carbonyl (C=O) groups is 1. The Kier molecular flexibility index (Phi) is 9.33. The quantitative estimate of drug-likeness (QED) is 0.145. The third kappa shape index (κ3) is 6.78. The minimum absolute atomic E-state index is 0.0191. The molecule has 314 valence electrons. The predicted molar refractivity (Wildman–Crippen MR) is 202 cm³/mol. The number of nitrogens with one attached hydrogen (secondary N) is 1. The third-order valence-corrected chi connectivity index (χ3v) is 11.3. The monoisotopic (exact) mass is 870 g/mol. The molecule has 3 atom stereocenters. The molecule has 61 heavy (non-hydrogen) atoms. The van der Waals surface area contributed by atoms with Gasteiger partial charge in [-0.1, -0.05) is 23.7 Å². The van der Waals surface area contributed by atoms with Gasteiger partial charge in [-0.15, -0.1) is 0 Å². The molecule has 1 saturated carbocycles. The lowest BCUT2D eigenvalue weighted by Crippen LogP contribution is -2.38. The van der Waals surface area contributed by atoms with Gasteiger partial charge in [0.1, 0.15) is 41.1 Å². The molecule has 4 heterocycles. The van der Waals surface area contributed by atoms with Crippen molar-refractivity contribution in [2.24, 2.45) is 13.0 Å². The van der Waals surface area contributed by atoms with Crippen LogP contribution in [-0.4, -0.2) is 40.0 Å². The second-order valence-corrected chi connectivity index (χ2v) is 15.4. The molecule has 0 radical (unpaired) electrons. The van der Waals surface area contributed by atoms with E-state index in [2.05, 4.69) is 20.5 Å². The Morgan fingerprint density at radius 1 is 1.00 bits per heavy atom. The number of rotatable bonds is 9. The smallest absolute Gasteiger partial charge is 0.344 e. The van der Waals surface area contributed by atoms with E-state index >= 15 is 8.78 Å². The number of alkyl halides is 7. The van der Waals surface area contributed by atoms with Crippen molar-refractivity contribution in [3.05, 3.63) is 133 Å². The van der Waals surface area contributed by atoms with Crippen LogP contribution < -0.4 is 10.9 Å². The van der Waals surface area contributed by atoms with Gasteiger partial charge >= 0.3 is 6.18 Å². The summed E-state index contributed by atoms with van der Waals surface area (Å²) in [6.07, 6.45) is -8.51. The highest BCUT2D eigenvalue weighted by atomic mass is 35.5. The van der Waals surface area contributed by atoms with Crippen LogP contribution in [0.1, 0.15) is 64.5 Å². The van der Waals surface area contributed by atoms with Crippen LogP contribution in [0.15, 0.2) is 71.5 Å². The number of aromatic nitrogens is 7. The van der Waals surface area contributed by atoms with E-state index in [0.717, 1.165) is 28.8 Å². The fourth-order valence-electron chi connectivity index (χ4n) is 8.44. The first kappa shape index (κ1) is 40.2. The van der Waals surface area contributed by atoms with Crippen LogP contribution in [0.5, 0.6) is 0 Å². The number of carbonyl (C=O) groups excluding carboxylic acids is 1. The second kappa shape index (κ2) is 14.2. The lowest BCUT2D eigenvalue weighted by molar-refractivity contribution is -0.141. The Labute approximate surface area is 342 Å². The molecule has 7 aromatic rings. The molecule has 3 aromatic carbocycles. The van der Waals surface area contributed by atoms with Crippen LogP contribution in [0.2, 0.25) is 5.02 Å². The van der Waals surface area contributed by atoms with Gasteiger partial charge in [-0.3, -0.25) is 23.5 Å². The van der Waals surface area contributed by atoms with Crippen molar-refractivity contribution in [3.8, 4) is 16.9 Å². The fraction of sp³-hybridized carbons (Fsp3) is 0.268. The number of pyridine rings is 1. The summed E-state index contributed by atoms with van der Waals surface area (Å²) in [5.41, 5.74) is -3.22. The zero-order valence-electron chi connectivity index (χ0n) is 31.5. The first-order chi connectivity index (χ1) is 28.8. The van der Waals surface area contributed by atoms with E-state index in [4.69, 9.17) is 16.6 Å². The number of nitrogens with zero attached hydrogens (tertiary/aromatic N) is 7. The third-order valence-electron chi connectivity index (χ3n) is 11.0. The van der Waals surface area contributed by atoms with Gasteiger partial charge in [0.05, 0.1) is 44.6 Å². The van der Waals surface area contributed by atoms with Crippen molar-refractivity contribution in [2.75, 3.05) is 0 Å². The lowest BCUT2D eigenvalue weighted by Gasteiger charge is -2.24. The molecule has 20 heteroatoms. The van der Waals surface area contributed by atoms with E-state index in [-0.39, 0.29) is 56.2 Å². The van der Waals surface area contributed by atoms with E-state index < -0.39 is 89.6 Å². The van der Waals surface area contributed by atoms with E-state index in [0.29, 0.717) is 27.3 Å². The van der Waals surface area contributed by atoms with Gasteiger partial charge in [-0.25, -0.2) is 27.5 Å². The van der Waals surface area contributed by atoms with E-state index in [1.54, 1.807) is 14.0 Å². The van der Waals surface area contributed by atoms with Crippen LogP contribution in [0.4, 0.5) is 39.5 Å². The number of hydrogen-bond donors (Lipinski definition) is 1. The standard InChI is InChI=1S/C41H28ClF9N8O2/c1-17-32-25(42)8-9-29(35(32)57(2)55-17)59-38(54-27-13-19(6-7-22(27)39(59)61)26-4-3-5-30(52-26)41(49,50)51)28(12-18-10-20(43)14-21(44)11-18)53-31(60)16-58-36-33(34(56-58)37(45)46)23-15-24(23)40(36,47)48/h3-11,13-14,23-24,28,37H,12,15-16H2,1-2H3,(H,53,60)/t23-,24+,28-/m0/s1. The molecule has 1 fully saturated rings. The van der Waals surface area contributed by atoms with E-state index in [1.165, 1.54) is 41.1 Å². The highest BCUT2D eigenvalue weighted by Gasteiger charge is 2.67. The van der Waals surface area contributed by atoms with Crippen molar-refractivity contribution in [1.29, 1.82) is 0 Å². The number of benzene rings is 3. The lowest BCUT2D eigenvalue weighted by atomic mass is 10.0. The van der Waals surface area contributed by atoms with Gasteiger partial charge in [0.15, 0.2) is 0 Å². The summed E-state index contributed by atoms with van der Waals surface area (Å²) in [6.45, 7) is 0.664. The van der Waals surface area contributed by atoms with E-state index in [9.17, 15) is 40.3 Å². The Balaban J connectivity index is 1.24. The number of hydrogen-bond acceptors (Lipinski definition) is 6. The summed E-state index contributed by atoms with van der Waals surface area (Å²) in [5, 5.41) is 11.4. The predicted octanol–water partition coefficient (Wildman–Crippen LogP) is 9.04. The topological polar surface area (TPSA) is 113 Å². The van der Waals surface area contributed by atoms with Crippen molar-refractivity contribution in [3.63, 3.8) is 0 Å². The first-order valence-electron chi connectivity index (χ1n) is 18.6. The summed E-state index contributed by atoms with van der Waals surface area (Å²) >= 11 is 6.59. The molecule has 2 aliphatic rings. The Morgan fingerprint density at radius 2 is 1.74 bits per heavy atom. The number of amides is 1. The molecule has 1 amide bonds. The first-order valence-corrected chi connectivity index (χ1v) is 18.9. The normalized spacial score (nSPS) is 17.3. The van der Waals surface area contributed by atoms with E-state index in [1.807, 2.05) is 0 Å². The average molecular weight is 871 g/mol. The molecule has 4 aromatic heterocycles. The maximum atomic E-state index is 15.5. The fourth-order valence-corrected chi connectivity index (χ4v) is 8.73. The van der Waals surface area contributed by atoms with Crippen LogP contribution in [0, 0.1) is 24.5 Å². The molecule has 10 nitrogen and oxygen atoms in total. The molecule has 0 spiro atoms.